The number of nitrogens with zero attached hydrogens (tertiary/aromatic N) is 1. The van der Waals surface area contributed by atoms with Crippen LogP contribution >= 0.6 is 0 Å². The molecule has 1 aliphatic rings. The molecule has 0 saturated carbocycles. The third kappa shape index (κ3) is 5.01. The van der Waals surface area contributed by atoms with Gasteiger partial charge in [-0.15, -0.1) is 0 Å². The minimum absolute atomic E-state index is 0.0110. The van der Waals surface area contributed by atoms with Gasteiger partial charge in [0.25, 0.3) is 0 Å². The fourth-order valence-corrected chi connectivity index (χ4v) is 3.23. The molecule has 3 N–H and O–H groups in total. The van der Waals surface area contributed by atoms with E-state index in [9.17, 15) is 18.0 Å². The van der Waals surface area contributed by atoms with Gasteiger partial charge in [-0.05, 0) is 41.8 Å². The molecule has 0 aliphatic carbocycles. The number of hydrogen-bond donors (Lipinski definition) is 2. The Balaban J connectivity index is 1.52. The number of rotatable bonds is 5. The maximum absolute atomic E-state index is 12.7. The summed E-state index contributed by atoms with van der Waals surface area (Å²) in [6, 6.07) is 12.7. The van der Waals surface area contributed by atoms with E-state index in [1.165, 1.54) is 12.1 Å². The zero-order valence-electron chi connectivity index (χ0n) is 14.8. The Kier molecular flexibility index (Phi) is 5.70. The van der Waals surface area contributed by atoms with Crippen LogP contribution in [0.25, 0.3) is 0 Å². The van der Waals surface area contributed by atoms with E-state index in [0.29, 0.717) is 26.1 Å². The van der Waals surface area contributed by atoms with Gasteiger partial charge in [-0.25, -0.2) is 0 Å². The molecular formula is C20H22F3N3O. The van der Waals surface area contributed by atoms with Crippen molar-refractivity contribution < 1.29 is 18.0 Å². The van der Waals surface area contributed by atoms with E-state index in [2.05, 4.69) is 5.32 Å². The van der Waals surface area contributed by atoms with Crippen LogP contribution in [0.4, 0.5) is 18.9 Å². The van der Waals surface area contributed by atoms with Crippen molar-refractivity contribution in [1.82, 2.24) is 5.32 Å². The van der Waals surface area contributed by atoms with Crippen molar-refractivity contribution in [3.8, 4) is 0 Å². The summed E-state index contributed by atoms with van der Waals surface area (Å²) < 4.78 is 38.0. The average Bonchev–Trinajstić information content (AvgIpc) is 3.10. The molecule has 1 aliphatic heterocycles. The monoisotopic (exact) mass is 377 g/mol. The van der Waals surface area contributed by atoms with Crippen LogP contribution in [0, 0.1) is 0 Å². The summed E-state index contributed by atoms with van der Waals surface area (Å²) in [5.41, 5.74) is 7.57. The first kappa shape index (κ1) is 19.2. The predicted molar refractivity (Wildman–Crippen MR) is 98.2 cm³/mol. The molecule has 0 aromatic heterocycles. The van der Waals surface area contributed by atoms with Gasteiger partial charge >= 0.3 is 6.18 Å². The van der Waals surface area contributed by atoms with E-state index in [4.69, 9.17) is 5.73 Å². The number of nitrogens with two attached hydrogens (primary N) is 1. The molecule has 4 nitrogen and oxygen atoms in total. The predicted octanol–water partition coefficient (Wildman–Crippen LogP) is 3.10. The molecule has 144 valence electrons. The number of halogens is 3. The smallest absolute Gasteiger partial charge is 0.369 e. The summed E-state index contributed by atoms with van der Waals surface area (Å²) >= 11 is 0. The number of amides is 1. The standard InChI is InChI=1S/C20H22F3N3O/c21-20(22,23)16-5-7-18(8-6-16)26-10-9-17(13-26)25-19(27)11-14-1-3-15(12-24)4-2-14/h1-8,17H,9-13,24H2,(H,25,27). The van der Waals surface area contributed by atoms with Crippen molar-refractivity contribution >= 4 is 11.6 Å². The van der Waals surface area contributed by atoms with Gasteiger partial charge in [0, 0.05) is 31.4 Å². The van der Waals surface area contributed by atoms with Crippen LogP contribution < -0.4 is 16.0 Å². The Morgan fingerprint density at radius 1 is 1.07 bits per heavy atom. The van der Waals surface area contributed by atoms with Crippen molar-refractivity contribution in [1.29, 1.82) is 0 Å². The average molecular weight is 377 g/mol. The number of carbonyl (C=O) groups is 1. The van der Waals surface area contributed by atoms with E-state index in [1.807, 2.05) is 29.2 Å². The minimum atomic E-state index is -4.33. The van der Waals surface area contributed by atoms with Gasteiger partial charge in [-0.3, -0.25) is 4.79 Å². The second-order valence-electron chi connectivity index (χ2n) is 6.74. The van der Waals surface area contributed by atoms with Crippen molar-refractivity contribution in [3.05, 3.63) is 65.2 Å². The Morgan fingerprint density at radius 2 is 1.70 bits per heavy atom. The second-order valence-corrected chi connectivity index (χ2v) is 6.74. The van der Waals surface area contributed by atoms with Crippen LogP contribution in [0.15, 0.2) is 48.5 Å². The third-order valence-corrected chi connectivity index (χ3v) is 4.74. The van der Waals surface area contributed by atoms with Crippen LogP contribution in [0.1, 0.15) is 23.1 Å². The van der Waals surface area contributed by atoms with E-state index in [0.717, 1.165) is 35.4 Å². The summed E-state index contributed by atoms with van der Waals surface area (Å²) in [6.07, 6.45) is -3.27. The van der Waals surface area contributed by atoms with Gasteiger partial charge in [0.15, 0.2) is 0 Å². The Bertz CT molecular complexity index is 773. The number of anilines is 1. The quantitative estimate of drug-likeness (QED) is 0.842. The fraction of sp³-hybridized carbons (Fsp3) is 0.350. The summed E-state index contributed by atoms with van der Waals surface area (Å²) in [4.78, 5) is 14.2. The number of nitrogens with one attached hydrogen (secondary N) is 1. The maximum atomic E-state index is 12.7. The number of carbonyl (C=O) groups excluding carboxylic acids is 1. The minimum Gasteiger partial charge on any atom is -0.369 e. The molecule has 1 atom stereocenters. The number of benzene rings is 2. The lowest BCUT2D eigenvalue weighted by Crippen LogP contribution is -2.38. The van der Waals surface area contributed by atoms with Crippen LogP contribution in [0.5, 0.6) is 0 Å². The lowest BCUT2D eigenvalue weighted by atomic mass is 10.1. The molecular weight excluding hydrogens is 355 g/mol. The summed E-state index contributed by atoms with van der Waals surface area (Å²) in [5.74, 6) is -0.0604. The lowest BCUT2D eigenvalue weighted by Gasteiger charge is -2.20. The molecule has 0 radical (unpaired) electrons. The van der Waals surface area contributed by atoms with Gasteiger partial charge in [0.1, 0.15) is 0 Å². The van der Waals surface area contributed by atoms with Crippen molar-refractivity contribution in [2.45, 2.75) is 31.6 Å². The molecule has 27 heavy (non-hydrogen) atoms. The summed E-state index contributed by atoms with van der Waals surface area (Å²) in [6.45, 7) is 1.75. The van der Waals surface area contributed by atoms with E-state index in [-0.39, 0.29) is 11.9 Å². The molecule has 0 spiro atoms. The van der Waals surface area contributed by atoms with Gasteiger partial charge in [-0.2, -0.15) is 13.2 Å². The maximum Gasteiger partial charge on any atom is 0.416 e. The summed E-state index contributed by atoms with van der Waals surface area (Å²) in [5, 5.41) is 3.01. The molecule has 2 aromatic rings. The highest BCUT2D eigenvalue weighted by Gasteiger charge is 2.30. The highest BCUT2D eigenvalue weighted by atomic mass is 19.4. The Labute approximate surface area is 156 Å². The van der Waals surface area contributed by atoms with E-state index < -0.39 is 11.7 Å². The van der Waals surface area contributed by atoms with Crippen LogP contribution in [-0.2, 0) is 23.9 Å². The molecule has 1 fully saturated rings. The van der Waals surface area contributed by atoms with Crippen LogP contribution in [0.2, 0.25) is 0 Å². The topological polar surface area (TPSA) is 58.4 Å². The van der Waals surface area contributed by atoms with Crippen molar-refractivity contribution in [2.24, 2.45) is 5.73 Å². The SMILES string of the molecule is NCc1ccc(CC(=O)NC2CCN(c3ccc(C(F)(F)F)cc3)C2)cc1. The molecule has 1 unspecified atom stereocenters. The third-order valence-electron chi connectivity index (χ3n) is 4.74. The van der Waals surface area contributed by atoms with Crippen LogP contribution in [-0.4, -0.2) is 25.0 Å². The second kappa shape index (κ2) is 8.00. The van der Waals surface area contributed by atoms with Gasteiger partial charge < -0.3 is 16.0 Å². The molecule has 2 aromatic carbocycles. The number of hydrogen-bond acceptors (Lipinski definition) is 3. The van der Waals surface area contributed by atoms with Gasteiger partial charge in [-0.1, -0.05) is 24.3 Å². The van der Waals surface area contributed by atoms with E-state index >= 15 is 0 Å². The molecule has 1 amide bonds. The van der Waals surface area contributed by atoms with Crippen LogP contribution in [0.3, 0.4) is 0 Å². The highest BCUT2D eigenvalue weighted by molar-refractivity contribution is 5.79. The first-order valence-electron chi connectivity index (χ1n) is 8.84. The zero-order valence-corrected chi connectivity index (χ0v) is 14.8. The largest absolute Gasteiger partial charge is 0.416 e. The van der Waals surface area contributed by atoms with E-state index in [1.54, 1.807) is 0 Å². The number of alkyl halides is 3. The lowest BCUT2D eigenvalue weighted by molar-refractivity contribution is -0.137. The Morgan fingerprint density at radius 3 is 2.30 bits per heavy atom. The zero-order chi connectivity index (χ0) is 19.4. The highest BCUT2D eigenvalue weighted by Crippen LogP contribution is 2.31. The summed E-state index contributed by atoms with van der Waals surface area (Å²) in [7, 11) is 0. The molecule has 7 heteroatoms. The molecule has 1 saturated heterocycles. The Hall–Kier alpha value is -2.54. The fourth-order valence-electron chi connectivity index (χ4n) is 3.23. The van der Waals surface area contributed by atoms with Crippen molar-refractivity contribution in [2.75, 3.05) is 18.0 Å². The molecule has 0 bridgehead atoms. The molecule has 1 heterocycles. The molecule has 3 rings (SSSR count). The van der Waals surface area contributed by atoms with Gasteiger partial charge in [0.2, 0.25) is 5.91 Å². The van der Waals surface area contributed by atoms with Gasteiger partial charge in [0.05, 0.1) is 12.0 Å². The van der Waals surface area contributed by atoms with Crippen molar-refractivity contribution in [3.63, 3.8) is 0 Å². The first-order chi connectivity index (χ1) is 12.8. The first-order valence-corrected chi connectivity index (χ1v) is 8.84. The normalized spacial score (nSPS) is 17.2.